The Hall–Kier alpha value is -4.81. The lowest BCUT2D eigenvalue weighted by molar-refractivity contribution is 0.0430. The summed E-state index contributed by atoms with van der Waals surface area (Å²) in [5.74, 6) is 1.66. The number of ether oxygens (including phenoxy) is 4. The van der Waals surface area contributed by atoms with E-state index in [-0.39, 0.29) is 11.6 Å². The molecule has 1 fully saturated rings. The zero-order valence-electron chi connectivity index (χ0n) is 26.5. The highest BCUT2D eigenvalue weighted by Gasteiger charge is 2.33. The number of carbonyl (C=O) groups excluding carboxylic acids is 3. The van der Waals surface area contributed by atoms with Crippen molar-refractivity contribution in [3.63, 3.8) is 0 Å². The molecule has 0 atom stereocenters. The summed E-state index contributed by atoms with van der Waals surface area (Å²) in [7, 11) is 3.10. The van der Waals surface area contributed by atoms with E-state index in [9.17, 15) is 14.4 Å². The van der Waals surface area contributed by atoms with Gasteiger partial charge in [0.2, 0.25) is 5.95 Å². The maximum atomic E-state index is 13.4. The molecule has 3 aromatic rings. The average molecular weight is 609 g/mol. The highest BCUT2D eigenvalue weighted by Crippen LogP contribution is 2.34. The van der Waals surface area contributed by atoms with Crippen molar-refractivity contribution >= 4 is 46.5 Å². The van der Waals surface area contributed by atoms with Crippen LogP contribution in [0, 0.1) is 0 Å². The zero-order valence-corrected chi connectivity index (χ0v) is 26.5. The van der Waals surface area contributed by atoms with E-state index in [1.165, 1.54) is 12.1 Å². The highest BCUT2D eigenvalue weighted by atomic mass is 16.6. The number of carbonyl (C=O) groups is 3. The fourth-order valence-corrected chi connectivity index (χ4v) is 4.55. The zero-order chi connectivity index (χ0) is 32.4. The summed E-state index contributed by atoms with van der Waals surface area (Å²) in [4.78, 5) is 53.0. The number of imide groups is 1. The molecule has 0 bridgehead atoms. The van der Waals surface area contributed by atoms with Crippen molar-refractivity contribution in [3.05, 3.63) is 42.0 Å². The molecular weight excluding hydrogens is 568 g/mol. The minimum Gasteiger partial charge on any atom is -0.493 e. The molecule has 236 valence electrons. The summed E-state index contributed by atoms with van der Waals surface area (Å²) in [6, 6.07) is 9.68. The minimum absolute atomic E-state index is 0.187. The lowest BCUT2D eigenvalue weighted by Crippen LogP contribution is -2.49. The van der Waals surface area contributed by atoms with Gasteiger partial charge < -0.3 is 34.5 Å². The first-order chi connectivity index (χ1) is 20.6. The lowest BCUT2D eigenvalue weighted by Gasteiger charge is -2.35. The van der Waals surface area contributed by atoms with E-state index < -0.39 is 23.4 Å². The normalized spacial score (nSPS) is 13.8. The predicted molar refractivity (Wildman–Crippen MR) is 167 cm³/mol. The molecule has 0 aliphatic carbocycles. The monoisotopic (exact) mass is 608 g/mol. The second kappa shape index (κ2) is 12.4. The highest BCUT2D eigenvalue weighted by molar-refractivity contribution is 6.09. The molecular formula is C31H40N6O7. The number of aromatic nitrogens is 2. The van der Waals surface area contributed by atoms with Crippen molar-refractivity contribution in [3.8, 4) is 11.5 Å². The average Bonchev–Trinajstić information content (AvgIpc) is 2.94. The third kappa shape index (κ3) is 7.39. The van der Waals surface area contributed by atoms with Crippen molar-refractivity contribution in [2.75, 3.05) is 55.9 Å². The van der Waals surface area contributed by atoms with E-state index in [1.807, 2.05) is 4.90 Å². The lowest BCUT2D eigenvalue weighted by atomic mass is 10.1. The van der Waals surface area contributed by atoms with Crippen LogP contribution in [0.2, 0.25) is 0 Å². The van der Waals surface area contributed by atoms with Crippen LogP contribution in [0.3, 0.4) is 0 Å². The van der Waals surface area contributed by atoms with E-state index in [2.05, 4.69) is 9.97 Å². The van der Waals surface area contributed by atoms with Crippen molar-refractivity contribution in [1.29, 1.82) is 0 Å². The molecule has 3 amide bonds. The quantitative estimate of drug-likeness (QED) is 0.423. The number of hydrogen-bond acceptors (Lipinski definition) is 11. The summed E-state index contributed by atoms with van der Waals surface area (Å²) in [6.45, 7) is 12.1. The summed E-state index contributed by atoms with van der Waals surface area (Å²) < 4.78 is 21.6. The van der Waals surface area contributed by atoms with Gasteiger partial charge in [-0.3, -0.25) is 4.79 Å². The van der Waals surface area contributed by atoms with Crippen LogP contribution in [0.1, 0.15) is 51.9 Å². The molecule has 2 heterocycles. The number of fused-ring (bicyclic) bond motifs is 1. The topological polar surface area (TPSA) is 150 Å². The molecule has 4 rings (SSSR count). The molecule has 1 saturated heterocycles. The van der Waals surface area contributed by atoms with Gasteiger partial charge in [-0.2, -0.15) is 9.88 Å². The van der Waals surface area contributed by atoms with Crippen LogP contribution in [-0.2, 0) is 9.47 Å². The van der Waals surface area contributed by atoms with Gasteiger partial charge in [0.25, 0.3) is 5.91 Å². The smallest absolute Gasteiger partial charge is 0.424 e. The van der Waals surface area contributed by atoms with Crippen molar-refractivity contribution in [2.24, 2.45) is 0 Å². The van der Waals surface area contributed by atoms with E-state index in [4.69, 9.17) is 24.7 Å². The van der Waals surface area contributed by atoms with Crippen LogP contribution in [0.4, 0.5) is 27.0 Å². The molecule has 0 radical (unpaired) electrons. The number of hydrogen-bond donors (Lipinski definition) is 1. The van der Waals surface area contributed by atoms with Gasteiger partial charge in [0, 0.05) is 43.2 Å². The largest absolute Gasteiger partial charge is 0.493 e. The van der Waals surface area contributed by atoms with Gasteiger partial charge in [-0.15, -0.1) is 0 Å². The van der Waals surface area contributed by atoms with Gasteiger partial charge in [0.05, 0.1) is 25.4 Å². The number of methoxy groups -OCH3 is 2. The summed E-state index contributed by atoms with van der Waals surface area (Å²) in [5, 5.41) is 0.653. The molecule has 44 heavy (non-hydrogen) atoms. The molecule has 13 nitrogen and oxygen atoms in total. The molecule has 1 aromatic heterocycles. The third-order valence-electron chi connectivity index (χ3n) is 6.59. The Morgan fingerprint density at radius 3 is 1.82 bits per heavy atom. The SMILES string of the molecule is COc1cc2nc(N3CCN(C(=O)c4ccc(N(C(=O)OC(C)(C)C)C(=O)OC(C)(C)C)cc4)CC3)nc(N)c2cc1OC. The Kier molecular flexibility index (Phi) is 9.07. The Morgan fingerprint density at radius 2 is 1.32 bits per heavy atom. The van der Waals surface area contributed by atoms with Gasteiger partial charge in [-0.25, -0.2) is 14.6 Å². The molecule has 0 spiro atoms. The minimum atomic E-state index is -0.879. The standard InChI is InChI=1S/C31H40N6O7/c1-30(2,3)43-28(39)37(29(40)44-31(4,5)6)20-11-9-19(10-12-20)26(38)35-13-15-36(16-14-35)27-33-22-18-24(42-8)23(41-7)17-21(22)25(32)34-27/h9-12,17-18H,13-16H2,1-8H3,(H2,32,33,34). The molecule has 0 saturated carbocycles. The Bertz CT molecular complexity index is 1510. The number of nitrogen functional groups attached to an aromatic ring is 1. The van der Waals surface area contributed by atoms with E-state index >= 15 is 0 Å². The van der Waals surface area contributed by atoms with E-state index in [0.29, 0.717) is 65.9 Å². The first kappa shape index (κ1) is 32.1. The number of anilines is 3. The summed E-state index contributed by atoms with van der Waals surface area (Å²) >= 11 is 0. The van der Waals surface area contributed by atoms with Crippen LogP contribution >= 0.6 is 0 Å². The molecule has 13 heteroatoms. The predicted octanol–water partition coefficient (Wildman–Crippen LogP) is 4.87. The molecule has 1 aliphatic heterocycles. The number of amides is 3. The number of piperazine rings is 1. The number of rotatable bonds is 5. The summed E-state index contributed by atoms with van der Waals surface area (Å²) in [5.41, 5.74) is 5.84. The Balaban J connectivity index is 1.47. The van der Waals surface area contributed by atoms with Crippen LogP contribution in [0.5, 0.6) is 11.5 Å². The Morgan fingerprint density at radius 1 is 0.795 bits per heavy atom. The first-order valence-electron chi connectivity index (χ1n) is 14.2. The first-order valence-corrected chi connectivity index (χ1v) is 14.2. The van der Waals surface area contributed by atoms with Crippen LogP contribution in [0.25, 0.3) is 10.9 Å². The van der Waals surface area contributed by atoms with Crippen molar-refractivity contribution in [2.45, 2.75) is 52.7 Å². The van der Waals surface area contributed by atoms with Gasteiger partial charge in [-0.05, 0) is 71.9 Å². The molecule has 1 aliphatic rings. The molecule has 2 aromatic carbocycles. The Labute approximate surface area is 256 Å². The van der Waals surface area contributed by atoms with E-state index in [1.54, 1.807) is 84.9 Å². The number of benzene rings is 2. The van der Waals surface area contributed by atoms with E-state index in [0.717, 1.165) is 4.90 Å². The van der Waals surface area contributed by atoms with Gasteiger partial charge in [-0.1, -0.05) is 0 Å². The molecule has 0 unspecified atom stereocenters. The fraction of sp³-hybridized carbons (Fsp3) is 0.452. The number of nitrogens with two attached hydrogens (primary N) is 1. The van der Waals surface area contributed by atoms with Crippen LogP contribution in [-0.4, -0.2) is 84.6 Å². The van der Waals surface area contributed by atoms with Gasteiger partial charge in [0.1, 0.15) is 17.0 Å². The maximum absolute atomic E-state index is 13.4. The van der Waals surface area contributed by atoms with Crippen molar-refractivity contribution in [1.82, 2.24) is 14.9 Å². The second-order valence-electron chi connectivity index (χ2n) is 12.3. The summed E-state index contributed by atoms with van der Waals surface area (Å²) in [6.07, 6.45) is -1.76. The van der Waals surface area contributed by atoms with Crippen LogP contribution in [0.15, 0.2) is 36.4 Å². The van der Waals surface area contributed by atoms with Gasteiger partial charge in [0.15, 0.2) is 11.5 Å². The third-order valence-corrected chi connectivity index (χ3v) is 6.59. The van der Waals surface area contributed by atoms with Crippen molar-refractivity contribution < 1.29 is 33.3 Å². The molecule has 2 N–H and O–H groups in total. The second-order valence-corrected chi connectivity index (χ2v) is 12.3. The maximum Gasteiger partial charge on any atom is 0.424 e. The number of nitrogens with zero attached hydrogens (tertiary/aromatic N) is 5. The van der Waals surface area contributed by atoms with Crippen LogP contribution < -0.4 is 25.0 Å². The van der Waals surface area contributed by atoms with Gasteiger partial charge >= 0.3 is 12.2 Å². The fourth-order valence-electron chi connectivity index (χ4n) is 4.55.